The maximum absolute atomic E-state index is 13.7. The highest BCUT2D eigenvalue weighted by molar-refractivity contribution is 7.10. The van der Waals surface area contributed by atoms with Crippen LogP contribution in [0.25, 0.3) is 0 Å². The molecule has 2 N–H and O–H groups in total. The first kappa shape index (κ1) is 19.4. The molecule has 0 bridgehead atoms. The molecule has 1 unspecified atom stereocenters. The number of likely N-dealkylation sites (N-methyl/N-ethyl adjacent to an activating group) is 1. The van der Waals surface area contributed by atoms with E-state index in [9.17, 15) is 4.39 Å². The molecular formula is C19H27FN4S. The summed E-state index contributed by atoms with van der Waals surface area (Å²) in [6.07, 6.45) is 0.624. The number of rotatable bonds is 8. The van der Waals surface area contributed by atoms with Crippen molar-refractivity contribution in [1.82, 2.24) is 15.5 Å². The summed E-state index contributed by atoms with van der Waals surface area (Å²) in [5.74, 6) is 0.610. The van der Waals surface area contributed by atoms with Gasteiger partial charge in [0.05, 0.1) is 12.6 Å². The van der Waals surface area contributed by atoms with Gasteiger partial charge in [-0.2, -0.15) is 0 Å². The van der Waals surface area contributed by atoms with Gasteiger partial charge in [0.25, 0.3) is 0 Å². The van der Waals surface area contributed by atoms with E-state index in [1.807, 2.05) is 19.1 Å². The Morgan fingerprint density at radius 2 is 2.00 bits per heavy atom. The molecule has 4 nitrogen and oxygen atoms in total. The fourth-order valence-electron chi connectivity index (χ4n) is 2.52. The normalized spacial score (nSPS) is 13.1. The summed E-state index contributed by atoms with van der Waals surface area (Å²) >= 11 is 1.75. The number of guanidine groups is 1. The Morgan fingerprint density at radius 3 is 2.64 bits per heavy atom. The summed E-state index contributed by atoms with van der Waals surface area (Å²) in [6.45, 7) is 4.13. The maximum Gasteiger partial charge on any atom is 0.191 e. The molecule has 0 spiro atoms. The second-order valence-electron chi connectivity index (χ2n) is 5.98. The van der Waals surface area contributed by atoms with Crippen LogP contribution in [0.4, 0.5) is 4.39 Å². The zero-order valence-corrected chi connectivity index (χ0v) is 15.9. The lowest BCUT2D eigenvalue weighted by atomic mass is 10.1. The van der Waals surface area contributed by atoms with Crippen LogP contribution in [-0.2, 0) is 6.42 Å². The van der Waals surface area contributed by atoms with Crippen molar-refractivity contribution >= 4 is 17.3 Å². The van der Waals surface area contributed by atoms with E-state index in [2.05, 4.69) is 47.1 Å². The lowest BCUT2D eigenvalue weighted by Gasteiger charge is -2.22. The predicted octanol–water partition coefficient (Wildman–Crippen LogP) is 3.29. The minimum Gasteiger partial charge on any atom is -0.357 e. The van der Waals surface area contributed by atoms with Crippen LogP contribution in [-0.4, -0.2) is 44.6 Å². The monoisotopic (exact) mass is 362 g/mol. The van der Waals surface area contributed by atoms with E-state index >= 15 is 0 Å². The van der Waals surface area contributed by atoms with Gasteiger partial charge in [0.2, 0.25) is 0 Å². The number of hydrogen-bond acceptors (Lipinski definition) is 3. The Bertz CT molecular complexity index is 655. The van der Waals surface area contributed by atoms with Crippen LogP contribution in [0.3, 0.4) is 0 Å². The van der Waals surface area contributed by atoms with Crippen molar-refractivity contribution in [2.45, 2.75) is 19.4 Å². The van der Waals surface area contributed by atoms with E-state index in [1.54, 1.807) is 17.4 Å². The molecule has 136 valence electrons. The molecular weight excluding hydrogens is 335 g/mol. The van der Waals surface area contributed by atoms with Crippen molar-refractivity contribution in [3.05, 3.63) is 58.0 Å². The first-order chi connectivity index (χ1) is 12.1. The molecule has 1 aromatic carbocycles. The fraction of sp³-hybridized carbons (Fsp3) is 0.421. The Balaban J connectivity index is 1.94. The highest BCUT2D eigenvalue weighted by Crippen LogP contribution is 2.23. The second kappa shape index (κ2) is 10.2. The summed E-state index contributed by atoms with van der Waals surface area (Å²) in [4.78, 5) is 8.19. The topological polar surface area (TPSA) is 39.7 Å². The minimum absolute atomic E-state index is 0.156. The summed E-state index contributed by atoms with van der Waals surface area (Å²) < 4.78 is 13.7. The van der Waals surface area contributed by atoms with Gasteiger partial charge in [0, 0.05) is 18.0 Å². The van der Waals surface area contributed by atoms with Gasteiger partial charge in [0.15, 0.2) is 5.96 Å². The van der Waals surface area contributed by atoms with Crippen LogP contribution in [0.1, 0.15) is 23.4 Å². The number of hydrogen-bond donors (Lipinski definition) is 2. The van der Waals surface area contributed by atoms with Crippen molar-refractivity contribution in [3.8, 4) is 0 Å². The lowest BCUT2D eigenvalue weighted by Crippen LogP contribution is -2.39. The lowest BCUT2D eigenvalue weighted by molar-refractivity contribution is 0.310. The number of nitrogens with one attached hydrogen (secondary N) is 2. The number of halogens is 1. The summed E-state index contributed by atoms with van der Waals surface area (Å²) in [5.41, 5.74) is 0.718. The Labute approximate surface area is 153 Å². The maximum atomic E-state index is 13.7. The summed E-state index contributed by atoms with van der Waals surface area (Å²) in [6, 6.07) is 11.4. The molecule has 2 rings (SSSR count). The SMILES string of the molecule is CCNC(=NCC(c1cccs1)N(C)C)NCCc1ccccc1F. The van der Waals surface area contributed by atoms with Gasteiger partial charge < -0.3 is 15.5 Å². The van der Waals surface area contributed by atoms with Crippen molar-refractivity contribution < 1.29 is 4.39 Å². The van der Waals surface area contributed by atoms with Gasteiger partial charge in [-0.05, 0) is 50.5 Å². The van der Waals surface area contributed by atoms with Crippen molar-refractivity contribution in [1.29, 1.82) is 0 Å². The molecule has 2 aromatic rings. The van der Waals surface area contributed by atoms with Crippen LogP contribution in [0.2, 0.25) is 0 Å². The number of nitrogens with zero attached hydrogens (tertiary/aromatic N) is 2. The summed E-state index contributed by atoms with van der Waals surface area (Å²) in [5, 5.41) is 8.64. The molecule has 0 fully saturated rings. The average Bonchev–Trinajstić information content (AvgIpc) is 3.10. The third-order valence-corrected chi connectivity index (χ3v) is 4.88. The van der Waals surface area contributed by atoms with E-state index < -0.39 is 0 Å². The quantitative estimate of drug-likeness (QED) is 0.559. The van der Waals surface area contributed by atoms with E-state index in [-0.39, 0.29) is 11.9 Å². The fourth-order valence-corrected chi connectivity index (χ4v) is 3.44. The molecule has 0 aliphatic carbocycles. The summed E-state index contributed by atoms with van der Waals surface area (Å²) in [7, 11) is 4.14. The largest absolute Gasteiger partial charge is 0.357 e. The van der Waals surface area contributed by atoms with Gasteiger partial charge >= 0.3 is 0 Å². The van der Waals surface area contributed by atoms with Gasteiger partial charge in [-0.15, -0.1) is 11.3 Å². The van der Waals surface area contributed by atoms with Gasteiger partial charge in [-0.3, -0.25) is 4.99 Å². The van der Waals surface area contributed by atoms with Crippen LogP contribution in [0.5, 0.6) is 0 Å². The zero-order valence-electron chi connectivity index (χ0n) is 15.1. The van der Waals surface area contributed by atoms with Crippen molar-refractivity contribution in [2.24, 2.45) is 4.99 Å². The van der Waals surface area contributed by atoms with Gasteiger partial charge in [-0.1, -0.05) is 24.3 Å². The second-order valence-corrected chi connectivity index (χ2v) is 6.96. The molecule has 1 aromatic heterocycles. The molecule has 0 aliphatic heterocycles. The molecule has 6 heteroatoms. The molecule has 1 heterocycles. The molecule has 0 aliphatic rings. The number of aliphatic imine (C=N–C) groups is 1. The molecule has 25 heavy (non-hydrogen) atoms. The predicted molar refractivity (Wildman–Crippen MR) is 105 cm³/mol. The van der Waals surface area contributed by atoms with Crippen LogP contribution in [0, 0.1) is 5.82 Å². The molecule has 1 atom stereocenters. The highest BCUT2D eigenvalue weighted by Gasteiger charge is 2.14. The first-order valence-corrected chi connectivity index (χ1v) is 9.45. The van der Waals surface area contributed by atoms with Crippen LogP contribution in [0.15, 0.2) is 46.8 Å². The zero-order chi connectivity index (χ0) is 18.1. The van der Waals surface area contributed by atoms with E-state index in [0.717, 1.165) is 18.1 Å². The van der Waals surface area contributed by atoms with E-state index in [1.165, 1.54) is 10.9 Å². The number of benzene rings is 1. The molecule has 0 saturated carbocycles. The Hall–Kier alpha value is -1.92. The molecule has 0 radical (unpaired) electrons. The smallest absolute Gasteiger partial charge is 0.191 e. The Morgan fingerprint density at radius 1 is 1.20 bits per heavy atom. The molecule has 0 amide bonds. The van der Waals surface area contributed by atoms with E-state index in [0.29, 0.717) is 19.5 Å². The highest BCUT2D eigenvalue weighted by atomic mass is 32.1. The van der Waals surface area contributed by atoms with Crippen molar-refractivity contribution in [3.63, 3.8) is 0 Å². The first-order valence-electron chi connectivity index (χ1n) is 8.57. The number of thiophene rings is 1. The average molecular weight is 363 g/mol. The third-order valence-electron chi connectivity index (χ3n) is 3.91. The van der Waals surface area contributed by atoms with Crippen LogP contribution < -0.4 is 10.6 Å². The minimum atomic E-state index is -0.156. The Kier molecular flexibility index (Phi) is 7.88. The molecule has 0 saturated heterocycles. The van der Waals surface area contributed by atoms with Crippen LogP contribution >= 0.6 is 11.3 Å². The van der Waals surface area contributed by atoms with E-state index in [4.69, 9.17) is 4.99 Å². The van der Waals surface area contributed by atoms with Gasteiger partial charge in [-0.25, -0.2) is 4.39 Å². The van der Waals surface area contributed by atoms with Gasteiger partial charge in [0.1, 0.15) is 5.82 Å². The third kappa shape index (κ3) is 6.14. The standard InChI is InChI=1S/C19H27FN4S/c1-4-21-19(22-12-11-15-8-5-6-9-16(15)20)23-14-17(24(2)3)18-10-7-13-25-18/h5-10,13,17H,4,11-12,14H2,1-3H3,(H2,21,22,23). The van der Waals surface area contributed by atoms with Crippen molar-refractivity contribution in [2.75, 3.05) is 33.7 Å².